The number of nitrogens with zero attached hydrogens (tertiary/aromatic N) is 2. The van der Waals surface area contributed by atoms with E-state index in [1.165, 1.54) is 24.2 Å². The highest BCUT2D eigenvalue weighted by Crippen LogP contribution is 2.35. The van der Waals surface area contributed by atoms with E-state index >= 15 is 0 Å². The number of aryl methyl sites for hydroxylation is 1. The summed E-state index contributed by atoms with van der Waals surface area (Å²) >= 11 is 6.14. The summed E-state index contributed by atoms with van der Waals surface area (Å²) in [7, 11) is 0. The van der Waals surface area contributed by atoms with Crippen molar-refractivity contribution >= 4 is 34.3 Å². The Balaban J connectivity index is 1.37. The van der Waals surface area contributed by atoms with Gasteiger partial charge in [-0.05, 0) is 43.0 Å². The standard InChI is InChI=1S/C20H20ClN5O2/c21-12-4-5-15-14(10-12)13-2-1-3-16(19(13)26-15)25-18(27)6-7-24-20(28)17-11-22-8-9-23-17/h4-5,8-11,16,26H,1-3,6-7H2,(H,24,28)(H,25,27). The molecule has 0 saturated carbocycles. The Morgan fingerprint density at radius 1 is 1.29 bits per heavy atom. The number of benzene rings is 1. The van der Waals surface area contributed by atoms with E-state index in [9.17, 15) is 9.59 Å². The Kier molecular flexibility index (Phi) is 5.25. The topological polar surface area (TPSA) is 99.8 Å². The van der Waals surface area contributed by atoms with Gasteiger partial charge in [-0.25, -0.2) is 4.98 Å². The van der Waals surface area contributed by atoms with Crippen molar-refractivity contribution in [3.05, 3.63) is 58.8 Å². The quantitative estimate of drug-likeness (QED) is 0.616. The van der Waals surface area contributed by atoms with Crippen LogP contribution in [-0.2, 0) is 11.2 Å². The average molecular weight is 398 g/mol. The van der Waals surface area contributed by atoms with Crippen LogP contribution in [0.25, 0.3) is 10.9 Å². The molecule has 7 nitrogen and oxygen atoms in total. The van der Waals surface area contributed by atoms with Crippen molar-refractivity contribution in [1.82, 2.24) is 25.6 Å². The zero-order valence-corrected chi connectivity index (χ0v) is 15.9. The van der Waals surface area contributed by atoms with Gasteiger partial charge in [-0.2, -0.15) is 0 Å². The van der Waals surface area contributed by atoms with Crippen molar-refractivity contribution in [1.29, 1.82) is 0 Å². The minimum atomic E-state index is -0.339. The first-order valence-corrected chi connectivity index (χ1v) is 9.63. The van der Waals surface area contributed by atoms with Crippen LogP contribution < -0.4 is 10.6 Å². The Labute approximate surface area is 166 Å². The van der Waals surface area contributed by atoms with E-state index in [1.54, 1.807) is 0 Å². The fraction of sp³-hybridized carbons (Fsp3) is 0.300. The monoisotopic (exact) mass is 397 g/mol. The molecule has 28 heavy (non-hydrogen) atoms. The van der Waals surface area contributed by atoms with Crippen molar-refractivity contribution in [3.8, 4) is 0 Å². The summed E-state index contributed by atoms with van der Waals surface area (Å²) in [5.74, 6) is -0.442. The number of hydrogen-bond acceptors (Lipinski definition) is 4. The number of hydrogen-bond donors (Lipinski definition) is 3. The summed E-state index contributed by atoms with van der Waals surface area (Å²) in [5, 5.41) is 7.60. The third-order valence-electron chi connectivity index (χ3n) is 4.94. The molecular formula is C20H20ClN5O2. The Morgan fingerprint density at radius 2 is 2.18 bits per heavy atom. The number of aromatic nitrogens is 3. The highest BCUT2D eigenvalue weighted by molar-refractivity contribution is 6.31. The minimum absolute atomic E-state index is 0.0573. The largest absolute Gasteiger partial charge is 0.356 e. The van der Waals surface area contributed by atoms with E-state index in [-0.39, 0.29) is 36.5 Å². The number of rotatable bonds is 5. The number of nitrogens with one attached hydrogen (secondary N) is 3. The second-order valence-electron chi connectivity index (χ2n) is 6.82. The molecule has 0 spiro atoms. The zero-order valence-electron chi connectivity index (χ0n) is 15.2. The minimum Gasteiger partial charge on any atom is -0.356 e. The highest BCUT2D eigenvalue weighted by atomic mass is 35.5. The maximum absolute atomic E-state index is 12.4. The maximum atomic E-state index is 12.4. The lowest BCUT2D eigenvalue weighted by Gasteiger charge is -2.24. The molecule has 8 heteroatoms. The van der Waals surface area contributed by atoms with Gasteiger partial charge in [0.25, 0.3) is 5.91 Å². The second-order valence-corrected chi connectivity index (χ2v) is 7.25. The first-order valence-electron chi connectivity index (χ1n) is 9.25. The van der Waals surface area contributed by atoms with E-state index < -0.39 is 0 Å². The van der Waals surface area contributed by atoms with Gasteiger partial charge in [-0.3, -0.25) is 14.6 Å². The summed E-state index contributed by atoms with van der Waals surface area (Å²) in [6.45, 7) is 0.239. The number of halogens is 1. The molecule has 3 N–H and O–H groups in total. The third kappa shape index (κ3) is 3.84. The van der Waals surface area contributed by atoms with E-state index in [0.29, 0.717) is 5.02 Å². The van der Waals surface area contributed by atoms with Crippen LogP contribution in [0.4, 0.5) is 0 Å². The van der Waals surface area contributed by atoms with Gasteiger partial charge < -0.3 is 15.6 Å². The Bertz CT molecular complexity index is 1020. The fourth-order valence-electron chi connectivity index (χ4n) is 3.64. The van der Waals surface area contributed by atoms with Crippen molar-refractivity contribution in [2.24, 2.45) is 0 Å². The van der Waals surface area contributed by atoms with Gasteiger partial charge >= 0.3 is 0 Å². The number of carbonyl (C=O) groups is 2. The SMILES string of the molecule is O=C(CCNC(=O)c1cnccn1)NC1CCCc2c1[nH]c1ccc(Cl)cc21. The van der Waals surface area contributed by atoms with Crippen LogP contribution in [0.1, 0.15) is 47.1 Å². The molecule has 2 aromatic heterocycles. The molecule has 144 valence electrons. The summed E-state index contributed by atoms with van der Waals surface area (Å²) in [6, 6.07) is 5.74. The molecule has 0 radical (unpaired) electrons. The molecule has 1 aliphatic rings. The van der Waals surface area contributed by atoms with Crippen molar-refractivity contribution in [3.63, 3.8) is 0 Å². The van der Waals surface area contributed by atoms with Crippen LogP contribution in [0.3, 0.4) is 0 Å². The lowest BCUT2D eigenvalue weighted by atomic mass is 9.91. The van der Waals surface area contributed by atoms with Gasteiger partial charge in [-0.1, -0.05) is 11.6 Å². The molecule has 2 heterocycles. The van der Waals surface area contributed by atoms with Crippen molar-refractivity contribution in [2.45, 2.75) is 31.7 Å². The maximum Gasteiger partial charge on any atom is 0.271 e. The van der Waals surface area contributed by atoms with Gasteiger partial charge in [0.1, 0.15) is 5.69 Å². The molecule has 1 atom stereocenters. The van der Waals surface area contributed by atoms with Gasteiger partial charge in [0.05, 0.1) is 12.2 Å². The molecule has 0 saturated heterocycles. The molecular weight excluding hydrogens is 378 g/mol. The lowest BCUT2D eigenvalue weighted by molar-refractivity contribution is -0.121. The van der Waals surface area contributed by atoms with Gasteiger partial charge in [0.2, 0.25) is 5.91 Å². The summed E-state index contributed by atoms with van der Waals surface area (Å²) in [4.78, 5) is 35.6. The molecule has 3 aromatic rings. The molecule has 0 fully saturated rings. The van der Waals surface area contributed by atoms with Crippen LogP contribution in [-0.4, -0.2) is 33.3 Å². The fourth-order valence-corrected chi connectivity index (χ4v) is 3.81. The third-order valence-corrected chi connectivity index (χ3v) is 5.17. The number of fused-ring (bicyclic) bond motifs is 3. The smallest absolute Gasteiger partial charge is 0.271 e. The zero-order chi connectivity index (χ0) is 19.5. The van der Waals surface area contributed by atoms with E-state index in [1.807, 2.05) is 18.2 Å². The predicted molar refractivity (Wildman–Crippen MR) is 106 cm³/mol. The van der Waals surface area contributed by atoms with Gasteiger partial charge in [0, 0.05) is 47.0 Å². The summed E-state index contributed by atoms with van der Waals surface area (Å²) < 4.78 is 0. The first-order chi connectivity index (χ1) is 13.6. The first kappa shape index (κ1) is 18.4. The normalized spacial score (nSPS) is 15.8. The second kappa shape index (κ2) is 7.98. The Morgan fingerprint density at radius 3 is 3.00 bits per heavy atom. The van der Waals surface area contributed by atoms with Gasteiger partial charge in [-0.15, -0.1) is 0 Å². The molecule has 1 aliphatic carbocycles. The van der Waals surface area contributed by atoms with Crippen molar-refractivity contribution in [2.75, 3.05) is 6.54 Å². The van der Waals surface area contributed by atoms with Crippen LogP contribution >= 0.6 is 11.6 Å². The average Bonchev–Trinajstić information content (AvgIpc) is 3.07. The van der Waals surface area contributed by atoms with Crippen molar-refractivity contribution < 1.29 is 9.59 Å². The summed E-state index contributed by atoms with van der Waals surface area (Å²) in [5.41, 5.74) is 3.55. The van der Waals surface area contributed by atoms with Gasteiger partial charge in [0.15, 0.2) is 0 Å². The Hall–Kier alpha value is -2.93. The number of carbonyl (C=O) groups excluding carboxylic acids is 2. The number of H-pyrrole nitrogens is 1. The molecule has 0 aliphatic heterocycles. The molecule has 1 unspecified atom stereocenters. The summed E-state index contributed by atoms with van der Waals surface area (Å²) in [6.07, 6.45) is 7.39. The van der Waals surface area contributed by atoms with Crippen LogP contribution in [0.2, 0.25) is 5.02 Å². The van der Waals surface area contributed by atoms with E-state index in [2.05, 4.69) is 25.6 Å². The van der Waals surface area contributed by atoms with E-state index in [0.717, 1.165) is 35.9 Å². The van der Waals surface area contributed by atoms with E-state index in [4.69, 9.17) is 11.6 Å². The highest BCUT2D eigenvalue weighted by Gasteiger charge is 2.25. The van der Waals surface area contributed by atoms with Crippen LogP contribution in [0, 0.1) is 0 Å². The number of aromatic amines is 1. The molecule has 0 bridgehead atoms. The molecule has 2 amide bonds. The van der Waals surface area contributed by atoms with Crippen LogP contribution in [0.5, 0.6) is 0 Å². The molecule has 1 aromatic carbocycles. The van der Waals surface area contributed by atoms with Crippen LogP contribution in [0.15, 0.2) is 36.8 Å². The predicted octanol–water partition coefficient (Wildman–Crippen LogP) is 2.93. The lowest BCUT2D eigenvalue weighted by Crippen LogP contribution is -2.34. The number of amides is 2. The molecule has 4 rings (SSSR count).